The van der Waals surface area contributed by atoms with Crippen LogP contribution < -0.4 is 0 Å². The summed E-state index contributed by atoms with van der Waals surface area (Å²) in [4.78, 5) is 11.7. The van der Waals surface area contributed by atoms with E-state index >= 15 is 0 Å². The van der Waals surface area contributed by atoms with Crippen molar-refractivity contribution in [1.29, 1.82) is 0 Å². The molecule has 1 aromatic rings. The molecule has 0 saturated carbocycles. The SMILES string of the molecule is CC(C)c1ccc2c(c1)C(=O)CS2(=O)=O. The van der Waals surface area contributed by atoms with E-state index in [-0.39, 0.29) is 16.4 Å². The van der Waals surface area contributed by atoms with Crippen molar-refractivity contribution in [2.75, 3.05) is 5.75 Å². The fourth-order valence-electron chi connectivity index (χ4n) is 1.72. The Labute approximate surface area is 89.0 Å². The van der Waals surface area contributed by atoms with Crippen molar-refractivity contribution in [3.05, 3.63) is 29.3 Å². The second-order valence-corrected chi connectivity index (χ2v) is 6.05. The maximum Gasteiger partial charge on any atom is 0.186 e. The van der Waals surface area contributed by atoms with E-state index in [9.17, 15) is 13.2 Å². The third-order valence-electron chi connectivity index (χ3n) is 2.63. The number of hydrogen-bond donors (Lipinski definition) is 0. The number of sulfone groups is 1. The first-order chi connectivity index (χ1) is 6.92. The standard InChI is InChI=1S/C11H12O3S/c1-7(2)8-3-4-11-9(5-8)10(12)6-15(11,13)14/h3-5,7H,6H2,1-2H3. The molecule has 0 fully saturated rings. The van der Waals surface area contributed by atoms with Crippen LogP contribution in [-0.2, 0) is 9.84 Å². The predicted octanol–water partition coefficient (Wildman–Crippen LogP) is 1.78. The van der Waals surface area contributed by atoms with Crippen LogP contribution in [0.4, 0.5) is 0 Å². The van der Waals surface area contributed by atoms with E-state index in [4.69, 9.17) is 0 Å². The van der Waals surface area contributed by atoms with Crippen LogP contribution in [0.3, 0.4) is 0 Å². The summed E-state index contributed by atoms with van der Waals surface area (Å²) < 4.78 is 23.0. The molecule has 3 nitrogen and oxygen atoms in total. The lowest BCUT2D eigenvalue weighted by Crippen LogP contribution is -2.03. The average Bonchev–Trinajstić information content (AvgIpc) is 2.37. The number of Topliss-reactive ketones (excluding diaryl/α,β-unsaturated/α-hetero) is 1. The summed E-state index contributed by atoms with van der Waals surface area (Å²) >= 11 is 0. The molecule has 0 radical (unpaired) electrons. The van der Waals surface area contributed by atoms with Crippen LogP contribution in [0.2, 0.25) is 0 Å². The Hall–Kier alpha value is -1.16. The van der Waals surface area contributed by atoms with Gasteiger partial charge in [0.25, 0.3) is 0 Å². The summed E-state index contributed by atoms with van der Waals surface area (Å²) in [6, 6.07) is 5.03. The molecule has 0 N–H and O–H groups in total. The molecule has 0 unspecified atom stereocenters. The second-order valence-electron chi connectivity index (χ2n) is 4.09. The molecule has 1 aromatic carbocycles. The molecule has 0 saturated heterocycles. The van der Waals surface area contributed by atoms with E-state index in [1.807, 2.05) is 13.8 Å². The summed E-state index contributed by atoms with van der Waals surface area (Å²) in [5.74, 6) is -0.358. The molecule has 0 amide bonds. The molecular formula is C11H12O3S. The molecule has 2 rings (SSSR count). The summed E-state index contributed by atoms with van der Waals surface area (Å²) in [5, 5.41) is 0. The highest BCUT2D eigenvalue weighted by Gasteiger charge is 2.33. The lowest BCUT2D eigenvalue weighted by Gasteiger charge is -2.06. The molecule has 0 spiro atoms. The minimum Gasteiger partial charge on any atom is -0.293 e. The lowest BCUT2D eigenvalue weighted by molar-refractivity contribution is 0.102. The average molecular weight is 224 g/mol. The zero-order valence-electron chi connectivity index (χ0n) is 8.65. The lowest BCUT2D eigenvalue weighted by atomic mass is 10.00. The number of benzene rings is 1. The maximum atomic E-state index is 11.5. The van der Waals surface area contributed by atoms with Crippen LogP contribution in [-0.4, -0.2) is 20.0 Å². The van der Waals surface area contributed by atoms with Gasteiger partial charge >= 0.3 is 0 Å². The number of fused-ring (bicyclic) bond motifs is 1. The normalized spacial score (nSPS) is 18.2. The van der Waals surface area contributed by atoms with Crippen LogP contribution in [0.15, 0.2) is 23.1 Å². The Kier molecular flexibility index (Phi) is 2.19. The third-order valence-corrected chi connectivity index (χ3v) is 4.30. The zero-order chi connectivity index (χ0) is 11.2. The Morgan fingerprint density at radius 1 is 1.27 bits per heavy atom. The van der Waals surface area contributed by atoms with Gasteiger partial charge in [-0.2, -0.15) is 0 Å². The van der Waals surface area contributed by atoms with Crippen molar-refractivity contribution < 1.29 is 13.2 Å². The Bertz CT molecular complexity index is 527. The van der Waals surface area contributed by atoms with Gasteiger partial charge in [-0.15, -0.1) is 0 Å². The highest BCUT2D eigenvalue weighted by Crippen LogP contribution is 2.28. The van der Waals surface area contributed by atoms with E-state index in [2.05, 4.69) is 0 Å². The third kappa shape index (κ3) is 1.59. The van der Waals surface area contributed by atoms with Gasteiger partial charge in [0.05, 0.1) is 4.90 Å². The van der Waals surface area contributed by atoms with E-state index in [1.54, 1.807) is 18.2 Å². The first kappa shape index (κ1) is 10.4. The van der Waals surface area contributed by atoms with Gasteiger partial charge in [-0.05, 0) is 23.6 Å². The molecule has 1 aliphatic rings. The number of hydrogen-bond acceptors (Lipinski definition) is 3. The molecule has 0 bridgehead atoms. The van der Waals surface area contributed by atoms with Gasteiger partial charge in [-0.3, -0.25) is 4.79 Å². The molecule has 1 heterocycles. The fourth-order valence-corrected chi connectivity index (χ4v) is 3.16. The van der Waals surface area contributed by atoms with Crippen molar-refractivity contribution in [2.24, 2.45) is 0 Å². The number of carbonyl (C=O) groups excluding carboxylic acids is 1. The number of ketones is 1. The van der Waals surface area contributed by atoms with Crippen LogP contribution in [0, 0.1) is 0 Å². The van der Waals surface area contributed by atoms with Gasteiger partial charge in [0, 0.05) is 5.56 Å². The number of carbonyl (C=O) groups is 1. The Balaban J connectivity index is 2.66. The Morgan fingerprint density at radius 3 is 2.53 bits per heavy atom. The quantitative estimate of drug-likeness (QED) is 0.730. The van der Waals surface area contributed by atoms with Crippen LogP contribution >= 0.6 is 0 Å². The molecule has 1 aliphatic heterocycles. The summed E-state index contributed by atoms with van der Waals surface area (Å²) in [6.07, 6.45) is 0. The summed E-state index contributed by atoms with van der Waals surface area (Å²) in [5.41, 5.74) is 1.36. The Morgan fingerprint density at radius 2 is 1.93 bits per heavy atom. The van der Waals surface area contributed by atoms with Gasteiger partial charge in [0.2, 0.25) is 0 Å². The van der Waals surface area contributed by atoms with Crippen molar-refractivity contribution in [3.8, 4) is 0 Å². The number of rotatable bonds is 1. The first-order valence-electron chi connectivity index (χ1n) is 4.82. The monoisotopic (exact) mass is 224 g/mol. The smallest absolute Gasteiger partial charge is 0.186 e. The molecule has 80 valence electrons. The van der Waals surface area contributed by atoms with Crippen LogP contribution in [0.1, 0.15) is 35.7 Å². The largest absolute Gasteiger partial charge is 0.293 e. The summed E-state index contributed by atoms with van der Waals surface area (Å²) in [7, 11) is -3.35. The molecule has 0 aromatic heterocycles. The second kappa shape index (κ2) is 3.17. The summed E-state index contributed by atoms with van der Waals surface area (Å²) in [6.45, 7) is 4.02. The van der Waals surface area contributed by atoms with Crippen molar-refractivity contribution >= 4 is 15.6 Å². The first-order valence-corrected chi connectivity index (χ1v) is 6.47. The highest BCUT2D eigenvalue weighted by molar-refractivity contribution is 7.92. The molecule has 4 heteroatoms. The molecule has 0 aliphatic carbocycles. The molecule has 15 heavy (non-hydrogen) atoms. The van der Waals surface area contributed by atoms with E-state index < -0.39 is 9.84 Å². The minimum absolute atomic E-state index is 0.192. The van der Waals surface area contributed by atoms with Gasteiger partial charge in [0.15, 0.2) is 15.6 Å². The van der Waals surface area contributed by atoms with Gasteiger partial charge < -0.3 is 0 Å². The molecular weight excluding hydrogens is 212 g/mol. The van der Waals surface area contributed by atoms with E-state index in [0.717, 1.165) is 5.56 Å². The highest BCUT2D eigenvalue weighted by atomic mass is 32.2. The van der Waals surface area contributed by atoms with Crippen molar-refractivity contribution in [2.45, 2.75) is 24.7 Å². The van der Waals surface area contributed by atoms with Crippen molar-refractivity contribution in [3.63, 3.8) is 0 Å². The minimum atomic E-state index is -3.35. The van der Waals surface area contributed by atoms with Gasteiger partial charge in [0.1, 0.15) is 5.75 Å². The van der Waals surface area contributed by atoms with E-state index in [1.165, 1.54) is 0 Å². The van der Waals surface area contributed by atoms with Crippen molar-refractivity contribution in [1.82, 2.24) is 0 Å². The maximum absolute atomic E-state index is 11.5. The fraction of sp³-hybridized carbons (Fsp3) is 0.364. The van der Waals surface area contributed by atoms with Gasteiger partial charge in [-0.25, -0.2) is 8.42 Å². The predicted molar refractivity (Wildman–Crippen MR) is 56.9 cm³/mol. The van der Waals surface area contributed by atoms with Crippen LogP contribution in [0.25, 0.3) is 0 Å². The zero-order valence-corrected chi connectivity index (χ0v) is 9.47. The molecule has 0 atom stereocenters. The topological polar surface area (TPSA) is 51.2 Å². The van der Waals surface area contributed by atoms with Crippen LogP contribution in [0.5, 0.6) is 0 Å². The van der Waals surface area contributed by atoms with E-state index in [0.29, 0.717) is 11.5 Å². The van der Waals surface area contributed by atoms with Gasteiger partial charge in [-0.1, -0.05) is 19.9 Å².